The largest absolute Gasteiger partial charge is 0.492 e. The van der Waals surface area contributed by atoms with Crippen molar-refractivity contribution in [2.24, 2.45) is 0 Å². The number of hydrogen-bond acceptors (Lipinski definition) is 4. The number of halogens is 2. The Morgan fingerprint density at radius 2 is 1.88 bits per heavy atom. The van der Waals surface area contributed by atoms with Crippen LogP contribution in [0, 0.1) is 0 Å². The van der Waals surface area contributed by atoms with Gasteiger partial charge in [-0.3, -0.25) is 4.79 Å². The lowest BCUT2D eigenvalue weighted by Crippen LogP contribution is -2.24. The molecular formula is C17H18Cl2N2O4S. The molecule has 0 fully saturated rings. The van der Waals surface area contributed by atoms with Gasteiger partial charge in [-0.2, -0.15) is 0 Å². The average molecular weight is 417 g/mol. The van der Waals surface area contributed by atoms with Crippen molar-refractivity contribution in [1.82, 2.24) is 4.72 Å². The average Bonchev–Trinajstić information content (AvgIpc) is 2.59. The first kappa shape index (κ1) is 20.5. The highest BCUT2D eigenvalue weighted by Crippen LogP contribution is 2.30. The Hall–Kier alpha value is -1.80. The van der Waals surface area contributed by atoms with Crippen molar-refractivity contribution in [1.29, 1.82) is 0 Å². The topological polar surface area (TPSA) is 84.5 Å². The molecule has 0 atom stereocenters. The smallest absolute Gasteiger partial charge is 0.255 e. The van der Waals surface area contributed by atoms with E-state index in [0.29, 0.717) is 10.7 Å². The Morgan fingerprint density at radius 1 is 1.15 bits per heavy atom. The van der Waals surface area contributed by atoms with Gasteiger partial charge in [-0.15, -0.1) is 0 Å². The molecule has 0 radical (unpaired) electrons. The van der Waals surface area contributed by atoms with E-state index in [1.54, 1.807) is 32.0 Å². The van der Waals surface area contributed by atoms with E-state index in [-0.39, 0.29) is 34.4 Å². The number of benzene rings is 2. The third-order valence-corrected chi connectivity index (χ3v) is 5.72. The molecule has 1 amide bonds. The summed E-state index contributed by atoms with van der Waals surface area (Å²) in [6, 6.07) is 9.01. The van der Waals surface area contributed by atoms with Crippen LogP contribution < -0.4 is 14.8 Å². The maximum Gasteiger partial charge on any atom is 0.255 e. The van der Waals surface area contributed by atoms with Gasteiger partial charge >= 0.3 is 0 Å². The minimum Gasteiger partial charge on any atom is -0.492 e. The second-order valence-electron chi connectivity index (χ2n) is 5.15. The molecule has 26 heavy (non-hydrogen) atoms. The van der Waals surface area contributed by atoms with E-state index < -0.39 is 15.9 Å². The Kier molecular flexibility index (Phi) is 6.88. The van der Waals surface area contributed by atoms with Crippen LogP contribution in [0.25, 0.3) is 0 Å². The van der Waals surface area contributed by atoms with E-state index in [1.807, 2.05) is 0 Å². The van der Waals surface area contributed by atoms with Crippen molar-refractivity contribution >= 4 is 44.8 Å². The van der Waals surface area contributed by atoms with Gasteiger partial charge in [-0.25, -0.2) is 13.1 Å². The first-order valence-corrected chi connectivity index (χ1v) is 10.1. The molecule has 0 saturated heterocycles. The Labute approximate surface area is 162 Å². The summed E-state index contributed by atoms with van der Waals surface area (Å²) in [5.74, 6) is -0.351. The van der Waals surface area contributed by atoms with Gasteiger partial charge in [0.1, 0.15) is 10.6 Å². The van der Waals surface area contributed by atoms with Crippen LogP contribution in [0.5, 0.6) is 5.75 Å². The summed E-state index contributed by atoms with van der Waals surface area (Å²) >= 11 is 12.0. The molecule has 0 saturated carbocycles. The normalized spacial score (nSPS) is 11.2. The number of nitrogens with one attached hydrogen (secondary N) is 2. The van der Waals surface area contributed by atoms with Crippen LogP contribution >= 0.6 is 23.2 Å². The van der Waals surface area contributed by atoms with Gasteiger partial charge in [0.15, 0.2) is 0 Å². The van der Waals surface area contributed by atoms with E-state index in [2.05, 4.69) is 10.0 Å². The van der Waals surface area contributed by atoms with Gasteiger partial charge in [0.25, 0.3) is 5.91 Å². The van der Waals surface area contributed by atoms with Gasteiger partial charge in [0.05, 0.1) is 22.3 Å². The molecule has 0 aliphatic heterocycles. The molecule has 2 aromatic rings. The standard InChI is InChI=1S/C17H18Cl2N2O4S/c1-3-20-26(23,24)15-10-11(8-9-14(15)25-4-2)17(22)21-13-7-5-6-12(18)16(13)19/h5-10,20H,3-4H2,1-2H3,(H,21,22). The minimum atomic E-state index is -3.81. The van der Waals surface area contributed by atoms with Gasteiger partial charge in [0, 0.05) is 12.1 Å². The van der Waals surface area contributed by atoms with E-state index in [1.165, 1.54) is 18.2 Å². The molecule has 0 aromatic heterocycles. The van der Waals surface area contributed by atoms with Crippen LogP contribution in [-0.2, 0) is 10.0 Å². The molecule has 6 nitrogen and oxygen atoms in total. The van der Waals surface area contributed by atoms with Crippen molar-refractivity contribution in [3.8, 4) is 5.75 Å². The molecule has 0 bridgehead atoms. The molecule has 2 aromatic carbocycles. The number of amides is 1. The zero-order chi connectivity index (χ0) is 19.3. The highest BCUT2D eigenvalue weighted by Gasteiger charge is 2.21. The van der Waals surface area contributed by atoms with Gasteiger partial charge in [0.2, 0.25) is 10.0 Å². The van der Waals surface area contributed by atoms with Crippen molar-refractivity contribution in [2.75, 3.05) is 18.5 Å². The summed E-state index contributed by atoms with van der Waals surface area (Å²) in [6.45, 7) is 3.90. The zero-order valence-electron chi connectivity index (χ0n) is 14.2. The first-order chi connectivity index (χ1) is 12.3. The summed E-state index contributed by atoms with van der Waals surface area (Å²) in [7, 11) is -3.81. The number of anilines is 1. The number of carbonyl (C=O) groups is 1. The predicted octanol–water partition coefficient (Wildman–Crippen LogP) is 3.94. The summed E-state index contributed by atoms with van der Waals surface area (Å²) in [5, 5.41) is 3.12. The van der Waals surface area contributed by atoms with Gasteiger partial charge in [-0.1, -0.05) is 36.2 Å². The van der Waals surface area contributed by atoms with Crippen LogP contribution in [-0.4, -0.2) is 27.5 Å². The molecule has 140 valence electrons. The molecule has 2 N–H and O–H groups in total. The molecule has 0 spiro atoms. The third kappa shape index (κ3) is 4.67. The number of sulfonamides is 1. The van der Waals surface area contributed by atoms with Crippen LogP contribution in [0.2, 0.25) is 10.0 Å². The molecule has 0 aliphatic rings. The monoisotopic (exact) mass is 416 g/mol. The summed E-state index contributed by atoms with van der Waals surface area (Å²) < 4.78 is 32.6. The summed E-state index contributed by atoms with van der Waals surface area (Å²) in [4.78, 5) is 12.4. The lowest BCUT2D eigenvalue weighted by Gasteiger charge is -2.13. The Bertz CT molecular complexity index is 917. The summed E-state index contributed by atoms with van der Waals surface area (Å²) in [5.41, 5.74) is 0.468. The van der Waals surface area contributed by atoms with E-state index in [9.17, 15) is 13.2 Å². The fourth-order valence-electron chi connectivity index (χ4n) is 2.20. The second kappa shape index (κ2) is 8.73. The van der Waals surface area contributed by atoms with E-state index in [0.717, 1.165) is 0 Å². The first-order valence-electron chi connectivity index (χ1n) is 7.82. The molecule has 9 heteroatoms. The zero-order valence-corrected chi connectivity index (χ0v) is 16.5. The molecular weight excluding hydrogens is 399 g/mol. The highest BCUT2D eigenvalue weighted by molar-refractivity contribution is 7.89. The Balaban J connectivity index is 2.40. The minimum absolute atomic E-state index is 0.106. The summed E-state index contributed by atoms with van der Waals surface area (Å²) in [6.07, 6.45) is 0. The molecule has 0 aliphatic carbocycles. The van der Waals surface area contributed by atoms with Crippen LogP contribution in [0.4, 0.5) is 5.69 Å². The van der Waals surface area contributed by atoms with Crippen molar-refractivity contribution in [3.05, 3.63) is 52.0 Å². The lowest BCUT2D eigenvalue weighted by molar-refractivity contribution is 0.102. The van der Waals surface area contributed by atoms with Crippen molar-refractivity contribution in [2.45, 2.75) is 18.7 Å². The predicted molar refractivity (Wildman–Crippen MR) is 103 cm³/mol. The number of carbonyl (C=O) groups excluding carboxylic acids is 1. The van der Waals surface area contributed by atoms with E-state index >= 15 is 0 Å². The van der Waals surface area contributed by atoms with Crippen LogP contribution in [0.1, 0.15) is 24.2 Å². The van der Waals surface area contributed by atoms with Crippen molar-refractivity contribution < 1.29 is 17.9 Å². The molecule has 0 heterocycles. The lowest BCUT2D eigenvalue weighted by atomic mass is 10.2. The number of ether oxygens (including phenoxy) is 1. The molecule has 2 rings (SSSR count). The fraction of sp³-hybridized carbons (Fsp3) is 0.235. The van der Waals surface area contributed by atoms with E-state index in [4.69, 9.17) is 27.9 Å². The Morgan fingerprint density at radius 3 is 2.54 bits per heavy atom. The van der Waals surface area contributed by atoms with Crippen LogP contribution in [0.3, 0.4) is 0 Å². The fourth-order valence-corrected chi connectivity index (χ4v) is 3.75. The van der Waals surface area contributed by atoms with Crippen LogP contribution in [0.15, 0.2) is 41.3 Å². The molecule has 0 unspecified atom stereocenters. The second-order valence-corrected chi connectivity index (χ2v) is 7.67. The highest BCUT2D eigenvalue weighted by atomic mass is 35.5. The van der Waals surface area contributed by atoms with Crippen molar-refractivity contribution in [3.63, 3.8) is 0 Å². The SMILES string of the molecule is CCNS(=O)(=O)c1cc(C(=O)Nc2cccc(Cl)c2Cl)ccc1OCC. The maximum atomic E-state index is 12.5. The van der Waals surface area contributed by atoms with Gasteiger partial charge in [-0.05, 0) is 37.3 Å². The van der Waals surface area contributed by atoms with Gasteiger partial charge < -0.3 is 10.1 Å². The third-order valence-electron chi connectivity index (χ3n) is 3.33. The number of rotatable bonds is 7. The number of hydrogen-bond donors (Lipinski definition) is 2. The quantitative estimate of drug-likeness (QED) is 0.715. The maximum absolute atomic E-state index is 12.5.